The molecular weight excluding hydrogens is 489 g/mol. The van der Waals surface area contributed by atoms with Crippen molar-refractivity contribution in [3.05, 3.63) is 59.9 Å². The largest absolute Gasteiger partial charge is 0.492 e. The summed E-state index contributed by atoms with van der Waals surface area (Å²) in [7, 11) is 0. The van der Waals surface area contributed by atoms with Crippen LogP contribution in [0.2, 0.25) is 0 Å². The predicted octanol–water partition coefficient (Wildman–Crippen LogP) is 5.99. The summed E-state index contributed by atoms with van der Waals surface area (Å²) in [6.45, 7) is 3.63. The van der Waals surface area contributed by atoms with E-state index in [1.54, 1.807) is 37.3 Å². The molecule has 2 aromatic carbocycles. The highest BCUT2D eigenvalue weighted by Crippen LogP contribution is 2.20. The van der Waals surface area contributed by atoms with Crippen molar-refractivity contribution in [3.63, 3.8) is 0 Å². The third-order valence-electron chi connectivity index (χ3n) is 5.52. The first-order valence-corrected chi connectivity index (χ1v) is 12.3. The molecule has 0 fully saturated rings. The van der Waals surface area contributed by atoms with E-state index in [2.05, 4.69) is 5.32 Å². The molecule has 0 radical (unpaired) electrons. The van der Waals surface area contributed by atoms with Gasteiger partial charge in [-0.25, -0.2) is 22.8 Å². The van der Waals surface area contributed by atoms with Crippen molar-refractivity contribution in [1.29, 1.82) is 0 Å². The number of rotatable bonds is 16. The number of hydrogen-bond donors (Lipinski definition) is 2. The Kier molecular flexibility index (Phi) is 12.2. The number of alkyl halides is 2. The molecule has 0 aliphatic heterocycles. The maximum Gasteiger partial charge on any atom is 0.333 e. The number of carbonyl (C=O) groups excluding carboxylic acids is 1. The number of aliphatic carboxylic acids is 1. The summed E-state index contributed by atoms with van der Waals surface area (Å²) in [5, 5.41) is 11.9. The first-order valence-electron chi connectivity index (χ1n) is 12.3. The third-order valence-corrected chi connectivity index (χ3v) is 5.52. The molecule has 2 aromatic rings. The second kappa shape index (κ2) is 15.1. The highest BCUT2D eigenvalue weighted by atomic mass is 19.3. The number of anilines is 1. The third kappa shape index (κ3) is 12.0. The quantitative estimate of drug-likeness (QED) is 0.264. The molecule has 0 bridgehead atoms. The molecule has 0 heterocycles. The number of urea groups is 1. The normalized spacial score (nSPS) is 12.1. The van der Waals surface area contributed by atoms with Gasteiger partial charge in [0.15, 0.2) is 6.10 Å². The van der Waals surface area contributed by atoms with Gasteiger partial charge in [0.1, 0.15) is 18.2 Å². The molecule has 204 valence electrons. The summed E-state index contributed by atoms with van der Waals surface area (Å²) in [4.78, 5) is 25.6. The highest BCUT2D eigenvalue weighted by Gasteiger charge is 2.20. The summed E-state index contributed by atoms with van der Waals surface area (Å²) in [5.74, 6) is -3.67. The Morgan fingerprint density at radius 3 is 2.43 bits per heavy atom. The van der Waals surface area contributed by atoms with Gasteiger partial charge in [-0.15, -0.1) is 0 Å². The van der Waals surface area contributed by atoms with Crippen molar-refractivity contribution in [2.45, 2.75) is 58.0 Å². The fraction of sp³-hybridized carbons (Fsp3) is 0.481. The molecule has 0 aliphatic rings. The van der Waals surface area contributed by atoms with Crippen molar-refractivity contribution in [2.75, 3.05) is 31.6 Å². The van der Waals surface area contributed by atoms with E-state index in [0.717, 1.165) is 12.5 Å². The lowest BCUT2D eigenvalue weighted by Gasteiger charge is -2.23. The second-order valence-electron chi connectivity index (χ2n) is 8.79. The molecule has 0 saturated carbocycles. The van der Waals surface area contributed by atoms with Gasteiger partial charge >= 0.3 is 12.0 Å². The number of amides is 2. The molecule has 1 unspecified atom stereocenters. The van der Waals surface area contributed by atoms with Crippen LogP contribution in [0.4, 0.5) is 23.7 Å². The average Bonchev–Trinajstić information content (AvgIpc) is 2.82. The second-order valence-corrected chi connectivity index (χ2v) is 8.79. The van der Waals surface area contributed by atoms with E-state index >= 15 is 0 Å². The summed E-state index contributed by atoms with van der Waals surface area (Å²) < 4.78 is 50.6. The smallest absolute Gasteiger partial charge is 0.333 e. The Morgan fingerprint density at radius 2 is 1.81 bits per heavy atom. The highest BCUT2D eigenvalue weighted by molar-refractivity contribution is 5.89. The van der Waals surface area contributed by atoms with Gasteiger partial charge in [-0.2, -0.15) is 0 Å². The summed E-state index contributed by atoms with van der Waals surface area (Å²) in [6.07, 6.45) is 0.504. The lowest BCUT2D eigenvalue weighted by Crippen LogP contribution is -2.38. The van der Waals surface area contributed by atoms with E-state index in [-0.39, 0.29) is 26.0 Å². The molecule has 0 saturated heterocycles. The van der Waals surface area contributed by atoms with Crippen LogP contribution in [-0.2, 0) is 16.0 Å². The Morgan fingerprint density at radius 1 is 1.08 bits per heavy atom. The number of unbranched alkanes of at least 4 members (excludes halogenated alkanes) is 2. The number of carbonyl (C=O) groups is 2. The standard InChI is InChI=1S/C27H35F3N2O5/c1-3-36-24(25(33)34)18-20-10-12-23(13-11-20)37-17-16-32(15-6-4-5-14-27(2,29)30)26(35)31-22-9-7-8-21(28)19-22/h7-13,19,24H,3-6,14-18H2,1-2H3,(H,31,35)(H,33,34). The van der Waals surface area contributed by atoms with Crippen LogP contribution >= 0.6 is 0 Å². The molecule has 2 amide bonds. The number of halogens is 3. The number of benzene rings is 2. The molecule has 1 atom stereocenters. The SMILES string of the molecule is CCOC(Cc1ccc(OCCN(CCCCCC(C)(F)F)C(=O)Nc2cccc(F)c2)cc1)C(=O)O. The topological polar surface area (TPSA) is 88.1 Å². The molecular formula is C27H35F3N2O5. The molecule has 7 nitrogen and oxygen atoms in total. The fourth-order valence-corrected chi connectivity index (χ4v) is 3.63. The van der Waals surface area contributed by atoms with Crippen molar-refractivity contribution in [2.24, 2.45) is 0 Å². The van der Waals surface area contributed by atoms with E-state index in [9.17, 15) is 27.9 Å². The number of carboxylic acids is 1. The van der Waals surface area contributed by atoms with E-state index < -0.39 is 29.8 Å². The maximum atomic E-state index is 13.5. The van der Waals surface area contributed by atoms with Gasteiger partial charge in [-0.1, -0.05) is 24.6 Å². The van der Waals surface area contributed by atoms with E-state index in [0.29, 0.717) is 43.9 Å². The van der Waals surface area contributed by atoms with Crippen LogP contribution in [-0.4, -0.2) is 60.3 Å². The van der Waals surface area contributed by atoms with Crippen LogP contribution in [0, 0.1) is 5.82 Å². The molecule has 0 aliphatic carbocycles. The number of hydrogen-bond acceptors (Lipinski definition) is 4. The number of carboxylic acid groups (broad SMARTS) is 1. The van der Waals surface area contributed by atoms with Crippen LogP contribution in [0.25, 0.3) is 0 Å². The molecule has 0 spiro atoms. The van der Waals surface area contributed by atoms with Crippen molar-refractivity contribution < 1.29 is 37.3 Å². The first kappa shape index (κ1) is 30.0. The van der Waals surface area contributed by atoms with Crippen molar-refractivity contribution >= 4 is 17.7 Å². The van der Waals surface area contributed by atoms with E-state index in [4.69, 9.17) is 9.47 Å². The lowest BCUT2D eigenvalue weighted by atomic mass is 10.1. The number of ether oxygens (including phenoxy) is 2. The zero-order valence-electron chi connectivity index (χ0n) is 21.2. The minimum atomic E-state index is -2.71. The van der Waals surface area contributed by atoms with Gasteiger partial charge in [0.25, 0.3) is 0 Å². The van der Waals surface area contributed by atoms with Gasteiger partial charge in [-0.05, 0) is 62.6 Å². The van der Waals surface area contributed by atoms with Gasteiger partial charge in [0, 0.05) is 31.7 Å². The zero-order valence-corrected chi connectivity index (χ0v) is 21.2. The molecule has 10 heteroatoms. The predicted molar refractivity (Wildman–Crippen MR) is 135 cm³/mol. The van der Waals surface area contributed by atoms with Crippen LogP contribution in [0.3, 0.4) is 0 Å². The maximum absolute atomic E-state index is 13.5. The van der Waals surface area contributed by atoms with Gasteiger partial charge in [0.05, 0.1) is 6.54 Å². The van der Waals surface area contributed by atoms with E-state index in [1.807, 2.05) is 0 Å². The molecule has 2 rings (SSSR count). The Labute approximate surface area is 215 Å². The molecule has 37 heavy (non-hydrogen) atoms. The molecule has 0 aromatic heterocycles. The van der Waals surface area contributed by atoms with Gasteiger partial charge in [-0.3, -0.25) is 0 Å². The van der Waals surface area contributed by atoms with E-state index in [1.165, 1.54) is 23.1 Å². The summed E-state index contributed by atoms with van der Waals surface area (Å²) in [5.41, 5.74) is 1.09. The number of nitrogens with zero attached hydrogens (tertiary/aromatic N) is 1. The lowest BCUT2D eigenvalue weighted by molar-refractivity contribution is -0.149. The summed E-state index contributed by atoms with van der Waals surface area (Å²) in [6, 6.07) is 12.0. The van der Waals surface area contributed by atoms with Crippen molar-refractivity contribution in [1.82, 2.24) is 4.90 Å². The van der Waals surface area contributed by atoms with Gasteiger partial charge < -0.3 is 24.8 Å². The average molecular weight is 525 g/mol. The van der Waals surface area contributed by atoms with Crippen LogP contribution in [0.15, 0.2) is 48.5 Å². The summed E-state index contributed by atoms with van der Waals surface area (Å²) >= 11 is 0. The molecule has 2 N–H and O–H groups in total. The van der Waals surface area contributed by atoms with Crippen molar-refractivity contribution in [3.8, 4) is 5.75 Å². The van der Waals surface area contributed by atoms with Crippen LogP contribution in [0.1, 0.15) is 45.1 Å². The van der Waals surface area contributed by atoms with Gasteiger partial charge in [0.2, 0.25) is 5.92 Å². The Bertz CT molecular complexity index is 983. The Hall–Kier alpha value is -3.27. The minimum Gasteiger partial charge on any atom is -0.492 e. The van der Waals surface area contributed by atoms with Crippen LogP contribution in [0.5, 0.6) is 5.75 Å². The Balaban J connectivity index is 1.91. The fourth-order valence-electron chi connectivity index (χ4n) is 3.63. The number of nitrogens with one attached hydrogen (secondary N) is 1. The van der Waals surface area contributed by atoms with Crippen LogP contribution < -0.4 is 10.1 Å². The zero-order chi connectivity index (χ0) is 27.3. The monoisotopic (exact) mass is 524 g/mol. The first-order chi connectivity index (χ1) is 17.6. The minimum absolute atomic E-state index is 0.166.